The van der Waals surface area contributed by atoms with Crippen LogP contribution in [0.4, 0.5) is 5.82 Å². The quantitative estimate of drug-likeness (QED) is 0.876. The van der Waals surface area contributed by atoms with E-state index >= 15 is 0 Å². The van der Waals surface area contributed by atoms with Gasteiger partial charge in [0.2, 0.25) is 0 Å². The molecule has 2 rings (SSSR count). The molecule has 108 valence electrons. The van der Waals surface area contributed by atoms with Gasteiger partial charge in [-0.3, -0.25) is 0 Å². The Bertz CT molecular complexity index is 563. The molecule has 0 saturated heterocycles. The number of nitrogens with one attached hydrogen (secondary N) is 1. The first-order chi connectivity index (χ1) is 9.69. The molecule has 0 aliphatic rings. The molecule has 0 saturated carbocycles. The van der Waals surface area contributed by atoms with Gasteiger partial charge in [-0.05, 0) is 26.7 Å². The number of anilines is 1. The first-order valence-electron chi connectivity index (χ1n) is 7.16. The fourth-order valence-corrected chi connectivity index (χ4v) is 2.18. The van der Waals surface area contributed by atoms with Crippen LogP contribution < -0.4 is 5.32 Å². The molecule has 0 aromatic carbocycles. The molecule has 1 N–H and O–H groups in total. The van der Waals surface area contributed by atoms with Gasteiger partial charge >= 0.3 is 0 Å². The Morgan fingerprint density at radius 2 is 2.05 bits per heavy atom. The fourth-order valence-electron chi connectivity index (χ4n) is 2.18. The highest BCUT2D eigenvalue weighted by Crippen LogP contribution is 2.22. The van der Waals surface area contributed by atoms with Gasteiger partial charge in [0.25, 0.3) is 0 Å². The van der Waals surface area contributed by atoms with Crippen molar-refractivity contribution in [2.75, 3.05) is 5.32 Å². The van der Waals surface area contributed by atoms with Crippen molar-refractivity contribution in [2.45, 2.75) is 53.1 Å². The van der Waals surface area contributed by atoms with Crippen molar-refractivity contribution in [3.05, 3.63) is 29.7 Å². The summed E-state index contributed by atoms with van der Waals surface area (Å²) >= 11 is 0. The van der Waals surface area contributed by atoms with Crippen molar-refractivity contribution < 1.29 is 0 Å². The van der Waals surface area contributed by atoms with E-state index in [1.807, 2.05) is 17.8 Å². The van der Waals surface area contributed by atoms with Crippen LogP contribution in [-0.2, 0) is 13.0 Å². The number of rotatable bonds is 6. The second-order valence-electron chi connectivity index (χ2n) is 4.68. The Labute approximate surface area is 119 Å². The van der Waals surface area contributed by atoms with Crippen LogP contribution in [-0.4, -0.2) is 24.7 Å². The molecule has 0 bridgehead atoms. The van der Waals surface area contributed by atoms with Gasteiger partial charge in [-0.25, -0.2) is 19.6 Å². The Morgan fingerprint density at radius 3 is 2.70 bits per heavy atom. The molecule has 0 amide bonds. The zero-order valence-electron chi connectivity index (χ0n) is 12.6. The van der Waals surface area contributed by atoms with Crippen LogP contribution in [0.1, 0.15) is 50.4 Å². The van der Waals surface area contributed by atoms with E-state index in [1.54, 1.807) is 6.33 Å². The van der Waals surface area contributed by atoms with Crippen LogP contribution in [0, 0.1) is 6.92 Å². The third-order valence-electron chi connectivity index (χ3n) is 3.34. The third-order valence-corrected chi connectivity index (χ3v) is 3.34. The first kappa shape index (κ1) is 14.4. The largest absolute Gasteiger partial charge is 0.360 e. The Balaban J connectivity index is 2.29. The average Bonchev–Trinajstić information content (AvgIpc) is 2.93. The van der Waals surface area contributed by atoms with Crippen LogP contribution >= 0.6 is 0 Å². The van der Waals surface area contributed by atoms with E-state index in [0.29, 0.717) is 0 Å². The predicted molar refractivity (Wildman–Crippen MR) is 78.5 cm³/mol. The summed E-state index contributed by atoms with van der Waals surface area (Å²) in [6.45, 7) is 9.02. The molecule has 2 heterocycles. The zero-order valence-corrected chi connectivity index (χ0v) is 12.6. The van der Waals surface area contributed by atoms with Gasteiger partial charge in [0.05, 0.1) is 6.04 Å². The summed E-state index contributed by atoms with van der Waals surface area (Å²) < 4.78 is 1.92. The smallest absolute Gasteiger partial charge is 0.149 e. The standard InChI is InChI=1S/C14H22N6/c1-5-11-8-15-10(4)18-13(11)19-12(6-2)14-16-9-17-20(14)7-3/h8-9,12H,5-7H2,1-4H3,(H,15,18,19). The molecule has 2 aromatic heterocycles. The van der Waals surface area contributed by atoms with Crippen LogP contribution in [0.25, 0.3) is 0 Å². The SMILES string of the molecule is CCc1cnc(C)nc1NC(CC)c1ncnn1CC. The van der Waals surface area contributed by atoms with Crippen molar-refractivity contribution in [3.63, 3.8) is 0 Å². The van der Waals surface area contributed by atoms with Gasteiger partial charge in [-0.1, -0.05) is 13.8 Å². The average molecular weight is 274 g/mol. The van der Waals surface area contributed by atoms with E-state index in [2.05, 4.69) is 46.1 Å². The van der Waals surface area contributed by atoms with Gasteiger partial charge < -0.3 is 5.32 Å². The van der Waals surface area contributed by atoms with E-state index in [-0.39, 0.29) is 6.04 Å². The zero-order chi connectivity index (χ0) is 14.5. The molecule has 1 atom stereocenters. The number of aryl methyl sites for hydroxylation is 3. The monoisotopic (exact) mass is 274 g/mol. The predicted octanol–water partition coefficient (Wildman–Crippen LogP) is 2.52. The lowest BCUT2D eigenvalue weighted by molar-refractivity contribution is 0.567. The third kappa shape index (κ3) is 2.95. The van der Waals surface area contributed by atoms with Gasteiger partial charge in [-0.2, -0.15) is 5.10 Å². The summed E-state index contributed by atoms with van der Waals surface area (Å²) in [6, 6.07) is 0.108. The van der Waals surface area contributed by atoms with Gasteiger partial charge in [0.15, 0.2) is 0 Å². The summed E-state index contributed by atoms with van der Waals surface area (Å²) in [6.07, 6.45) is 5.32. The fraction of sp³-hybridized carbons (Fsp3) is 0.571. The molecule has 0 aliphatic carbocycles. The van der Waals surface area contributed by atoms with E-state index in [9.17, 15) is 0 Å². The van der Waals surface area contributed by atoms with E-state index in [0.717, 1.165) is 42.4 Å². The molecule has 1 unspecified atom stereocenters. The minimum absolute atomic E-state index is 0.108. The van der Waals surface area contributed by atoms with Gasteiger partial charge in [-0.15, -0.1) is 0 Å². The highest BCUT2D eigenvalue weighted by Gasteiger charge is 2.17. The van der Waals surface area contributed by atoms with Crippen molar-refractivity contribution in [2.24, 2.45) is 0 Å². The van der Waals surface area contributed by atoms with Gasteiger partial charge in [0.1, 0.15) is 23.8 Å². The molecule has 0 fully saturated rings. The normalized spacial score (nSPS) is 12.4. The molecule has 6 nitrogen and oxygen atoms in total. The number of nitrogens with zero attached hydrogens (tertiary/aromatic N) is 5. The van der Waals surface area contributed by atoms with Gasteiger partial charge in [0, 0.05) is 18.3 Å². The molecule has 6 heteroatoms. The molecular weight excluding hydrogens is 252 g/mol. The summed E-state index contributed by atoms with van der Waals surface area (Å²) in [7, 11) is 0. The lowest BCUT2D eigenvalue weighted by Crippen LogP contribution is -2.18. The molecule has 20 heavy (non-hydrogen) atoms. The second kappa shape index (κ2) is 6.45. The molecular formula is C14H22N6. The van der Waals surface area contributed by atoms with Crippen molar-refractivity contribution >= 4 is 5.82 Å². The van der Waals surface area contributed by atoms with Crippen LogP contribution in [0.2, 0.25) is 0 Å². The molecule has 0 radical (unpaired) electrons. The van der Waals surface area contributed by atoms with Crippen LogP contribution in [0.5, 0.6) is 0 Å². The summed E-state index contributed by atoms with van der Waals surface area (Å²) in [4.78, 5) is 13.2. The summed E-state index contributed by atoms with van der Waals surface area (Å²) in [5.41, 5.74) is 1.12. The summed E-state index contributed by atoms with van der Waals surface area (Å²) in [5, 5.41) is 7.73. The van der Waals surface area contributed by atoms with Crippen molar-refractivity contribution in [3.8, 4) is 0 Å². The van der Waals surface area contributed by atoms with Crippen LogP contribution in [0.15, 0.2) is 12.5 Å². The number of hydrogen-bond donors (Lipinski definition) is 1. The molecule has 2 aromatic rings. The molecule has 0 spiro atoms. The highest BCUT2D eigenvalue weighted by molar-refractivity contribution is 5.44. The van der Waals surface area contributed by atoms with E-state index in [4.69, 9.17) is 0 Å². The minimum atomic E-state index is 0.108. The maximum absolute atomic E-state index is 4.52. The van der Waals surface area contributed by atoms with Crippen LogP contribution in [0.3, 0.4) is 0 Å². The molecule has 0 aliphatic heterocycles. The lowest BCUT2D eigenvalue weighted by Gasteiger charge is -2.19. The minimum Gasteiger partial charge on any atom is -0.360 e. The van der Waals surface area contributed by atoms with Crippen molar-refractivity contribution in [1.29, 1.82) is 0 Å². The Hall–Kier alpha value is -1.98. The lowest BCUT2D eigenvalue weighted by atomic mass is 10.1. The Morgan fingerprint density at radius 1 is 1.25 bits per heavy atom. The van der Waals surface area contributed by atoms with E-state index < -0.39 is 0 Å². The first-order valence-corrected chi connectivity index (χ1v) is 7.16. The van der Waals surface area contributed by atoms with Crippen molar-refractivity contribution in [1.82, 2.24) is 24.7 Å². The maximum Gasteiger partial charge on any atom is 0.149 e. The second-order valence-corrected chi connectivity index (χ2v) is 4.68. The summed E-state index contributed by atoms with van der Waals surface area (Å²) in [5.74, 6) is 2.63. The number of aromatic nitrogens is 5. The van der Waals surface area contributed by atoms with E-state index in [1.165, 1.54) is 0 Å². The number of hydrogen-bond acceptors (Lipinski definition) is 5. The highest BCUT2D eigenvalue weighted by atomic mass is 15.3. The topological polar surface area (TPSA) is 68.5 Å². The maximum atomic E-state index is 4.52. The Kier molecular flexibility index (Phi) is 4.65.